The third-order valence-electron chi connectivity index (χ3n) is 2.15. The number of anilines is 1. The minimum Gasteiger partial charge on any atom is -0.368 e. The van der Waals surface area contributed by atoms with Gasteiger partial charge in [0.1, 0.15) is 17.8 Å². The summed E-state index contributed by atoms with van der Waals surface area (Å²) in [5, 5.41) is 5.96. The molecule has 94 valence electrons. The van der Waals surface area contributed by atoms with Gasteiger partial charge in [0.05, 0.1) is 0 Å². The molecule has 1 amide bonds. The summed E-state index contributed by atoms with van der Waals surface area (Å²) in [7, 11) is 0. The van der Waals surface area contributed by atoms with Crippen molar-refractivity contribution >= 4 is 11.7 Å². The Morgan fingerprint density at radius 1 is 1.41 bits per heavy atom. The van der Waals surface area contributed by atoms with E-state index in [0.29, 0.717) is 18.1 Å². The van der Waals surface area contributed by atoms with E-state index in [0.717, 1.165) is 12.8 Å². The molecular weight excluding hydrogens is 216 g/mol. The van der Waals surface area contributed by atoms with E-state index < -0.39 is 0 Å². The van der Waals surface area contributed by atoms with E-state index in [1.54, 1.807) is 6.07 Å². The first-order valence-electron chi connectivity index (χ1n) is 6.00. The van der Waals surface area contributed by atoms with Crippen LogP contribution in [0, 0.1) is 0 Å². The van der Waals surface area contributed by atoms with Crippen molar-refractivity contribution in [3.8, 4) is 0 Å². The molecule has 0 saturated heterocycles. The van der Waals surface area contributed by atoms with Crippen molar-refractivity contribution in [1.82, 2.24) is 15.3 Å². The molecule has 1 heterocycles. The van der Waals surface area contributed by atoms with Gasteiger partial charge >= 0.3 is 0 Å². The summed E-state index contributed by atoms with van der Waals surface area (Å²) in [4.78, 5) is 19.7. The number of hydrogen-bond acceptors (Lipinski definition) is 4. The van der Waals surface area contributed by atoms with Crippen LogP contribution in [0.25, 0.3) is 0 Å². The summed E-state index contributed by atoms with van der Waals surface area (Å²) in [6, 6.07) is 1.95. The van der Waals surface area contributed by atoms with E-state index in [4.69, 9.17) is 0 Å². The second-order valence-corrected chi connectivity index (χ2v) is 4.20. The number of rotatable bonds is 6. The van der Waals surface area contributed by atoms with Gasteiger partial charge in [-0.1, -0.05) is 13.3 Å². The minimum atomic E-state index is -0.146. The predicted octanol–water partition coefficient (Wildman–Crippen LogP) is 1.83. The molecule has 0 saturated carbocycles. The molecule has 0 spiro atoms. The lowest BCUT2D eigenvalue weighted by Gasteiger charge is -2.09. The van der Waals surface area contributed by atoms with Gasteiger partial charge in [-0.25, -0.2) is 9.97 Å². The van der Waals surface area contributed by atoms with Crippen LogP contribution in [-0.4, -0.2) is 28.5 Å². The Balaban J connectivity index is 2.60. The van der Waals surface area contributed by atoms with Crippen LogP contribution in [0.3, 0.4) is 0 Å². The standard InChI is InChI=1S/C12H20N4O/c1-4-5-6-13-12(17)10-7-11(15-8-14-10)16-9(2)3/h7-9H,4-6H2,1-3H3,(H,13,17)(H,14,15,16). The number of unbranched alkanes of at least 4 members (excludes halogenated alkanes) is 1. The monoisotopic (exact) mass is 236 g/mol. The Morgan fingerprint density at radius 2 is 2.18 bits per heavy atom. The summed E-state index contributed by atoms with van der Waals surface area (Å²) in [6.45, 7) is 6.81. The maximum Gasteiger partial charge on any atom is 0.270 e. The van der Waals surface area contributed by atoms with Crippen LogP contribution in [0.15, 0.2) is 12.4 Å². The first-order chi connectivity index (χ1) is 8.13. The highest BCUT2D eigenvalue weighted by Gasteiger charge is 2.08. The maximum absolute atomic E-state index is 11.7. The van der Waals surface area contributed by atoms with Crippen molar-refractivity contribution in [2.75, 3.05) is 11.9 Å². The number of carbonyl (C=O) groups excluding carboxylic acids is 1. The average Bonchev–Trinajstić information content (AvgIpc) is 2.28. The Bertz CT molecular complexity index is 365. The van der Waals surface area contributed by atoms with Crippen molar-refractivity contribution in [3.63, 3.8) is 0 Å². The molecule has 17 heavy (non-hydrogen) atoms. The van der Waals surface area contributed by atoms with Crippen molar-refractivity contribution in [1.29, 1.82) is 0 Å². The average molecular weight is 236 g/mol. The molecule has 5 nitrogen and oxygen atoms in total. The summed E-state index contributed by atoms with van der Waals surface area (Å²) < 4.78 is 0. The van der Waals surface area contributed by atoms with Crippen molar-refractivity contribution in [2.45, 2.75) is 39.7 Å². The summed E-state index contributed by atoms with van der Waals surface area (Å²) in [5.74, 6) is 0.531. The zero-order valence-corrected chi connectivity index (χ0v) is 10.7. The Labute approximate surface area is 102 Å². The molecule has 0 aliphatic carbocycles. The van der Waals surface area contributed by atoms with E-state index in [1.807, 2.05) is 13.8 Å². The second kappa shape index (κ2) is 6.83. The molecule has 0 unspecified atom stereocenters. The SMILES string of the molecule is CCCCNC(=O)c1cc(NC(C)C)ncn1. The first-order valence-corrected chi connectivity index (χ1v) is 6.00. The lowest BCUT2D eigenvalue weighted by Crippen LogP contribution is -2.25. The molecular formula is C12H20N4O. The molecule has 0 bridgehead atoms. The molecule has 0 fully saturated rings. The minimum absolute atomic E-state index is 0.146. The van der Waals surface area contributed by atoms with E-state index in [2.05, 4.69) is 27.5 Å². The van der Waals surface area contributed by atoms with Crippen molar-refractivity contribution < 1.29 is 4.79 Å². The molecule has 5 heteroatoms. The van der Waals surface area contributed by atoms with Crippen LogP contribution in [0.5, 0.6) is 0 Å². The fraction of sp³-hybridized carbons (Fsp3) is 0.583. The van der Waals surface area contributed by atoms with E-state index >= 15 is 0 Å². The Kier molecular flexibility index (Phi) is 5.39. The van der Waals surface area contributed by atoms with Crippen molar-refractivity contribution in [3.05, 3.63) is 18.1 Å². The molecule has 0 aliphatic heterocycles. The van der Waals surface area contributed by atoms with E-state index in [9.17, 15) is 4.79 Å². The Morgan fingerprint density at radius 3 is 2.82 bits per heavy atom. The van der Waals surface area contributed by atoms with Gasteiger partial charge < -0.3 is 10.6 Å². The number of carbonyl (C=O) groups is 1. The van der Waals surface area contributed by atoms with Crippen LogP contribution < -0.4 is 10.6 Å². The number of amides is 1. The summed E-state index contributed by atoms with van der Waals surface area (Å²) in [6.07, 6.45) is 3.44. The fourth-order valence-electron chi connectivity index (χ4n) is 1.33. The normalized spacial score (nSPS) is 10.4. The number of hydrogen-bond donors (Lipinski definition) is 2. The van der Waals surface area contributed by atoms with Gasteiger partial charge in [-0.15, -0.1) is 0 Å². The largest absolute Gasteiger partial charge is 0.368 e. The van der Waals surface area contributed by atoms with Gasteiger partial charge in [0, 0.05) is 18.7 Å². The number of aromatic nitrogens is 2. The van der Waals surface area contributed by atoms with Crippen LogP contribution in [0.4, 0.5) is 5.82 Å². The van der Waals surface area contributed by atoms with Crippen molar-refractivity contribution in [2.24, 2.45) is 0 Å². The van der Waals surface area contributed by atoms with Gasteiger partial charge in [0.25, 0.3) is 5.91 Å². The quantitative estimate of drug-likeness (QED) is 0.739. The maximum atomic E-state index is 11.7. The third kappa shape index (κ3) is 4.80. The van der Waals surface area contributed by atoms with Gasteiger partial charge in [0.15, 0.2) is 0 Å². The van der Waals surface area contributed by atoms with Crippen LogP contribution in [0.1, 0.15) is 44.1 Å². The third-order valence-corrected chi connectivity index (χ3v) is 2.15. The number of nitrogens with one attached hydrogen (secondary N) is 2. The molecule has 0 aliphatic rings. The lowest BCUT2D eigenvalue weighted by atomic mass is 10.3. The number of nitrogens with zero attached hydrogens (tertiary/aromatic N) is 2. The fourth-order valence-corrected chi connectivity index (χ4v) is 1.33. The van der Waals surface area contributed by atoms with Crippen LogP contribution >= 0.6 is 0 Å². The lowest BCUT2D eigenvalue weighted by molar-refractivity contribution is 0.0948. The van der Waals surface area contributed by atoms with Gasteiger partial charge in [-0.3, -0.25) is 4.79 Å². The molecule has 2 N–H and O–H groups in total. The first kappa shape index (κ1) is 13.4. The zero-order chi connectivity index (χ0) is 12.7. The molecule has 0 aromatic carbocycles. The van der Waals surface area contributed by atoms with Crippen LogP contribution in [-0.2, 0) is 0 Å². The van der Waals surface area contributed by atoms with Gasteiger partial charge in [-0.2, -0.15) is 0 Å². The second-order valence-electron chi connectivity index (χ2n) is 4.20. The molecule has 1 aromatic rings. The molecule has 1 aromatic heterocycles. The highest BCUT2D eigenvalue weighted by Crippen LogP contribution is 2.05. The van der Waals surface area contributed by atoms with E-state index in [1.165, 1.54) is 6.33 Å². The van der Waals surface area contributed by atoms with Gasteiger partial charge in [0.2, 0.25) is 0 Å². The molecule has 1 rings (SSSR count). The highest BCUT2D eigenvalue weighted by atomic mass is 16.1. The topological polar surface area (TPSA) is 66.9 Å². The molecule has 0 radical (unpaired) electrons. The van der Waals surface area contributed by atoms with Gasteiger partial charge in [-0.05, 0) is 20.3 Å². The summed E-state index contributed by atoms with van der Waals surface area (Å²) >= 11 is 0. The van der Waals surface area contributed by atoms with E-state index in [-0.39, 0.29) is 11.9 Å². The highest BCUT2D eigenvalue weighted by molar-refractivity contribution is 5.92. The predicted molar refractivity (Wildman–Crippen MR) is 68.0 cm³/mol. The zero-order valence-electron chi connectivity index (χ0n) is 10.7. The molecule has 0 atom stereocenters. The van der Waals surface area contributed by atoms with Crippen LogP contribution in [0.2, 0.25) is 0 Å². The Hall–Kier alpha value is -1.65. The summed E-state index contributed by atoms with van der Waals surface area (Å²) in [5.41, 5.74) is 0.402. The smallest absolute Gasteiger partial charge is 0.270 e.